The average Bonchev–Trinajstić information content (AvgIpc) is 2.62. The SMILES string of the molecule is CCN(CC(=O)Nc1cc(Cl)ccc1C)c1ccc([N+](=O)[O-])cc1[N+](=O)[O-]. The van der Waals surface area contributed by atoms with Crippen LogP contribution in [-0.2, 0) is 4.79 Å². The summed E-state index contributed by atoms with van der Waals surface area (Å²) in [5, 5.41) is 25.4. The number of nitrogens with one attached hydrogen (secondary N) is 1. The van der Waals surface area contributed by atoms with Crippen molar-refractivity contribution in [2.24, 2.45) is 0 Å². The fourth-order valence-electron chi connectivity index (χ4n) is 2.50. The number of carbonyl (C=O) groups is 1. The summed E-state index contributed by atoms with van der Waals surface area (Å²) in [7, 11) is 0. The van der Waals surface area contributed by atoms with Crippen LogP contribution in [0.5, 0.6) is 0 Å². The van der Waals surface area contributed by atoms with Crippen molar-refractivity contribution in [3.63, 3.8) is 0 Å². The molecule has 27 heavy (non-hydrogen) atoms. The smallest absolute Gasteiger partial charge is 0.299 e. The van der Waals surface area contributed by atoms with E-state index in [2.05, 4.69) is 5.32 Å². The number of nitro groups is 2. The fraction of sp³-hybridized carbons (Fsp3) is 0.235. The van der Waals surface area contributed by atoms with Crippen molar-refractivity contribution in [3.8, 4) is 0 Å². The van der Waals surface area contributed by atoms with E-state index in [0.29, 0.717) is 17.3 Å². The maximum Gasteiger partial charge on any atom is 0.299 e. The summed E-state index contributed by atoms with van der Waals surface area (Å²) in [6.07, 6.45) is 0. The topological polar surface area (TPSA) is 119 Å². The molecule has 142 valence electrons. The zero-order chi connectivity index (χ0) is 20.1. The third-order valence-electron chi connectivity index (χ3n) is 3.90. The van der Waals surface area contributed by atoms with Crippen LogP contribution in [0, 0.1) is 27.2 Å². The number of aryl methyl sites for hydroxylation is 1. The lowest BCUT2D eigenvalue weighted by Crippen LogP contribution is -2.33. The Hall–Kier alpha value is -3.20. The summed E-state index contributed by atoms with van der Waals surface area (Å²) in [5.41, 5.74) is 0.670. The summed E-state index contributed by atoms with van der Waals surface area (Å²) in [5.74, 6) is -0.394. The molecule has 0 aliphatic rings. The molecule has 0 spiro atoms. The molecule has 0 fully saturated rings. The van der Waals surface area contributed by atoms with Crippen LogP contribution in [0.4, 0.5) is 22.7 Å². The minimum Gasteiger partial charge on any atom is -0.357 e. The molecule has 2 aromatic rings. The highest BCUT2D eigenvalue weighted by Gasteiger charge is 2.24. The highest BCUT2D eigenvalue weighted by atomic mass is 35.5. The van der Waals surface area contributed by atoms with E-state index in [1.54, 1.807) is 25.1 Å². The second kappa shape index (κ2) is 8.45. The molecule has 2 rings (SSSR count). The molecule has 0 saturated carbocycles. The van der Waals surface area contributed by atoms with E-state index in [9.17, 15) is 25.0 Å². The van der Waals surface area contributed by atoms with Gasteiger partial charge in [-0.3, -0.25) is 25.0 Å². The van der Waals surface area contributed by atoms with Crippen molar-refractivity contribution in [2.75, 3.05) is 23.3 Å². The second-order valence-corrected chi connectivity index (χ2v) is 6.15. The van der Waals surface area contributed by atoms with Crippen LogP contribution in [-0.4, -0.2) is 28.8 Å². The van der Waals surface area contributed by atoms with Gasteiger partial charge in [-0.2, -0.15) is 0 Å². The summed E-state index contributed by atoms with van der Waals surface area (Å²) >= 11 is 5.93. The predicted molar refractivity (Wildman–Crippen MR) is 102 cm³/mol. The van der Waals surface area contributed by atoms with Gasteiger partial charge in [0.1, 0.15) is 5.69 Å². The Morgan fingerprint density at radius 1 is 1.15 bits per heavy atom. The molecule has 0 aliphatic heterocycles. The number of hydrogen-bond donors (Lipinski definition) is 1. The fourth-order valence-corrected chi connectivity index (χ4v) is 2.67. The van der Waals surface area contributed by atoms with E-state index in [-0.39, 0.29) is 17.9 Å². The Bertz CT molecular complexity index is 903. The number of non-ortho nitro benzene ring substituents is 1. The minimum atomic E-state index is -0.707. The van der Waals surface area contributed by atoms with Crippen LogP contribution >= 0.6 is 11.6 Å². The summed E-state index contributed by atoms with van der Waals surface area (Å²) < 4.78 is 0. The van der Waals surface area contributed by atoms with E-state index in [4.69, 9.17) is 11.6 Å². The maximum absolute atomic E-state index is 12.4. The number of nitrogens with zero attached hydrogens (tertiary/aromatic N) is 3. The third kappa shape index (κ3) is 4.91. The van der Waals surface area contributed by atoms with Gasteiger partial charge in [-0.15, -0.1) is 0 Å². The lowest BCUT2D eigenvalue weighted by atomic mass is 10.2. The van der Waals surface area contributed by atoms with Crippen LogP contribution < -0.4 is 10.2 Å². The van der Waals surface area contributed by atoms with Gasteiger partial charge in [0.25, 0.3) is 11.4 Å². The van der Waals surface area contributed by atoms with Gasteiger partial charge >= 0.3 is 0 Å². The first-order chi connectivity index (χ1) is 12.7. The Balaban J connectivity index is 2.26. The third-order valence-corrected chi connectivity index (χ3v) is 4.13. The van der Waals surface area contributed by atoms with E-state index >= 15 is 0 Å². The normalized spacial score (nSPS) is 10.3. The van der Waals surface area contributed by atoms with E-state index in [0.717, 1.165) is 11.6 Å². The van der Waals surface area contributed by atoms with E-state index < -0.39 is 21.4 Å². The number of halogens is 1. The van der Waals surface area contributed by atoms with Crippen molar-refractivity contribution >= 4 is 40.3 Å². The van der Waals surface area contributed by atoms with E-state index in [1.165, 1.54) is 17.0 Å². The molecule has 0 saturated heterocycles. The largest absolute Gasteiger partial charge is 0.357 e. The quantitative estimate of drug-likeness (QED) is 0.563. The number of likely N-dealkylation sites (N-methyl/N-ethyl adjacent to an activating group) is 1. The Kier molecular flexibility index (Phi) is 6.30. The number of carbonyl (C=O) groups excluding carboxylic acids is 1. The predicted octanol–water partition coefficient (Wildman–Crippen LogP) is 3.93. The van der Waals surface area contributed by atoms with Crippen molar-refractivity contribution in [1.29, 1.82) is 0 Å². The van der Waals surface area contributed by atoms with Gasteiger partial charge in [0.2, 0.25) is 5.91 Å². The summed E-state index contributed by atoms with van der Waals surface area (Å²) in [4.78, 5) is 34.6. The summed E-state index contributed by atoms with van der Waals surface area (Å²) in [6, 6.07) is 8.40. The minimum absolute atomic E-state index is 0.131. The molecule has 0 heterocycles. The molecule has 9 nitrogen and oxygen atoms in total. The highest BCUT2D eigenvalue weighted by molar-refractivity contribution is 6.31. The Labute approximate surface area is 159 Å². The van der Waals surface area contributed by atoms with Gasteiger partial charge in [0, 0.05) is 23.3 Å². The van der Waals surface area contributed by atoms with Gasteiger partial charge in [0.05, 0.1) is 22.5 Å². The van der Waals surface area contributed by atoms with Crippen molar-refractivity contribution in [1.82, 2.24) is 0 Å². The van der Waals surface area contributed by atoms with E-state index in [1.807, 2.05) is 6.92 Å². The lowest BCUT2D eigenvalue weighted by molar-refractivity contribution is -0.393. The number of amides is 1. The lowest BCUT2D eigenvalue weighted by Gasteiger charge is -2.22. The van der Waals surface area contributed by atoms with Gasteiger partial charge in [-0.1, -0.05) is 17.7 Å². The molecule has 0 aliphatic carbocycles. The van der Waals surface area contributed by atoms with Gasteiger partial charge < -0.3 is 10.2 Å². The first kappa shape index (κ1) is 20.1. The molecule has 0 radical (unpaired) electrons. The van der Waals surface area contributed by atoms with Crippen LogP contribution in [0.2, 0.25) is 5.02 Å². The molecule has 0 bridgehead atoms. The zero-order valence-electron chi connectivity index (χ0n) is 14.6. The molecule has 2 aromatic carbocycles. The zero-order valence-corrected chi connectivity index (χ0v) is 15.4. The van der Waals surface area contributed by atoms with Crippen LogP contribution in [0.25, 0.3) is 0 Å². The van der Waals surface area contributed by atoms with Gasteiger partial charge in [-0.25, -0.2) is 0 Å². The highest BCUT2D eigenvalue weighted by Crippen LogP contribution is 2.32. The van der Waals surface area contributed by atoms with Crippen LogP contribution in [0.3, 0.4) is 0 Å². The summed E-state index contributed by atoms with van der Waals surface area (Å²) in [6.45, 7) is 3.66. The maximum atomic E-state index is 12.4. The molecule has 0 atom stereocenters. The number of rotatable bonds is 7. The number of hydrogen-bond acceptors (Lipinski definition) is 6. The number of nitro benzene ring substituents is 2. The molecule has 10 heteroatoms. The molecule has 1 amide bonds. The number of anilines is 2. The average molecular weight is 393 g/mol. The van der Waals surface area contributed by atoms with Crippen LogP contribution in [0.15, 0.2) is 36.4 Å². The monoisotopic (exact) mass is 392 g/mol. The van der Waals surface area contributed by atoms with Gasteiger partial charge in [0.15, 0.2) is 0 Å². The molecule has 0 aromatic heterocycles. The first-order valence-electron chi connectivity index (χ1n) is 7.96. The second-order valence-electron chi connectivity index (χ2n) is 5.71. The number of benzene rings is 2. The molecule has 0 unspecified atom stereocenters. The molecular formula is C17H17ClN4O5. The molecular weight excluding hydrogens is 376 g/mol. The molecule has 1 N–H and O–H groups in total. The Morgan fingerprint density at radius 2 is 1.85 bits per heavy atom. The van der Waals surface area contributed by atoms with Crippen molar-refractivity contribution in [3.05, 3.63) is 67.2 Å². The Morgan fingerprint density at radius 3 is 2.44 bits per heavy atom. The van der Waals surface area contributed by atoms with Crippen molar-refractivity contribution < 1.29 is 14.6 Å². The van der Waals surface area contributed by atoms with Gasteiger partial charge in [-0.05, 0) is 37.6 Å². The first-order valence-corrected chi connectivity index (χ1v) is 8.34. The van der Waals surface area contributed by atoms with Crippen LogP contribution in [0.1, 0.15) is 12.5 Å². The van der Waals surface area contributed by atoms with Crippen molar-refractivity contribution in [2.45, 2.75) is 13.8 Å². The standard InChI is InChI=1S/C17H17ClN4O5/c1-3-20(10-17(23)19-14-8-12(18)5-4-11(14)2)15-7-6-13(21(24)25)9-16(15)22(26)27/h4-9H,3,10H2,1-2H3,(H,19,23).